The fourth-order valence-corrected chi connectivity index (χ4v) is 7.16. The van der Waals surface area contributed by atoms with Crippen molar-refractivity contribution in [2.45, 2.75) is 53.6 Å². The quantitative estimate of drug-likeness (QED) is 0.116. The predicted molar refractivity (Wildman–Crippen MR) is 231 cm³/mol. The summed E-state index contributed by atoms with van der Waals surface area (Å²) < 4.78 is 0. The number of hydrogen-bond donors (Lipinski definition) is 0. The molecule has 0 fully saturated rings. The van der Waals surface area contributed by atoms with Crippen molar-refractivity contribution in [2.24, 2.45) is 11.8 Å². The van der Waals surface area contributed by atoms with Gasteiger partial charge in [-0.1, -0.05) is 136 Å². The molecule has 0 bridgehead atoms. The van der Waals surface area contributed by atoms with Crippen LogP contribution in [0.3, 0.4) is 0 Å². The van der Waals surface area contributed by atoms with E-state index in [-0.39, 0.29) is 5.43 Å². The molecule has 264 valence electrons. The summed E-state index contributed by atoms with van der Waals surface area (Å²) in [6, 6.07) is 53.3. The molecule has 0 N–H and O–H groups in total. The van der Waals surface area contributed by atoms with Gasteiger partial charge in [-0.2, -0.15) is 12.1 Å². The molecule has 52 heavy (non-hydrogen) atoms. The van der Waals surface area contributed by atoms with Crippen LogP contribution < -0.4 is 0 Å². The van der Waals surface area contributed by atoms with E-state index in [0.717, 1.165) is 12.8 Å². The van der Waals surface area contributed by atoms with Gasteiger partial charge in [-0.05, 0) is 57.3 Å². The van der Waals surface area contributed by atoms with Crippen molar-refractivity contribution in [3.63, 3.8) is 0 Å². The second-order valence-electron chi connectivity index (χ2n) is 14.9. The van der Waals surface area contributed by atoms with Gasteiger partial charge in [-0.25, -0.2) is 0 Å². The molecule has 8 aromatic carbocycles. The molecule has 0 aromatic heterocycles. The Morgan fingerprint density at radius 2 is 0.808 bits per heavy atom. The molecule has 0 atom stereocenters. The van der Waals surface area contributed by atoms with Crippen LogP contribution in [-0.2, 0) is 30.8 Å². The molecular weight excluding hydrogens is 767 g/mol. The van der Waals surface area contributed by atoms with E-state index in [1.807, 2.05) is 0 Å². The van der Waals surface area contributed by atoms with Crippen LogP contribution in [0.2, 0.25) is 13.1 Å². The maximum atomic E-state index is 5.62. The molecule has 0 aliphatic heterocycles. The Hall–Kier alpha value is -3.26. The number of hydrogen-bond acceptors (Lipinski definition) is 0. The van der Waals surface area contributed by atoms with Crippen molar-refractivity contribution < 1.29 is 18.0 Å². The standard InChI is InChI=1S/2C23H21.C2H6Si.2ClH.Zr/c2*1-16(2)13-17-14-19-9-6-12-22(23(19)15-17)21-11-5-8-18-7-3-4-10-20(18)21;1-3-2;;;/h2*3-12,14-16H,13H2,1-2H3;1-2H3;2*1H;/q2*-1;;;;+2/p-2. The minimum atomic E-state index is -1.65. The monoisotopic (exact) mass is 812 g/mol. The number of benzene rings is 6. The molecule has 0 saturated carbocycles. The summed E-state index contributed by atoms with van der Waals surface area (Å²) in [5.74, 6) is 1.38. The van der Waals surface area contributed by atoms with Crippen LogP contribution in [0.4, 0.5) is 0 Å². The molecule has 0 spiro atoms. The molecule has 0 aliphatic carbocycles. The topological polar surface area (TPSA) is 0 Å². The molecule has 8 rings (SSSR count). The molecule has 0 aliphatic rings. The van der Waals surface area contributed by atoms with Crippen molar-refractivity contribution in [1.82, 2.24) is 0 Å². The third kappa shape index (κ3) is 9.26. The second kappa shape index (κ2) is 17.7. The van der Waals surface area contributed by atoms with Crippen molar-refractivity contribution in [3.8, 4) is 22.3 Å². The van der Waals surface area contributed by atoms with Gasteiger partial charge in [0.15, 0.2) is 0 Å². The van der Waals surface area contributed by atoms with Gasteiger partial charge >= 0.3 is 53.5 Å². The minimum absolute atomic E-state index is 0.224. The molecule has 0 radical (unpaired) electrons. The summed E-state index contributed by atoms with van der Waals surface area (Å²) in [5.41, 5.74) is 8.01. The molecular formula is C48H48Cl2SiZr-2. The van der Waals surface area contributed by atoms with Gasteiger partial charge in [0.2, 0.25) is 0 Å². The first-order chi connectivity index (χ1) is 25.1. The van der Waals surface area contributed by atoms with Crippen LogP contribution in [0.5, 0.6) is 0 Å². The van der Waals surface area contributed by atoms with E-state index in [4.69, 9.17) is 17.0 Å². The molecule has 0 amide bonds. The SMILES string of the molecule is CC(C)Cc1cc2c(-c3cccc4ccccc34)cccc2[cH-]1.CC(C)Cc1cc2c(-c3cccc4ccccc34)cccc2[cH-]1.C[Si](C)=[Zr]([Cl])[Cl]. The Morgan fingerprint density at radius 3 is 1.17 bits per heavy atom. The van der Waals surface area contributed by atoms with Gasteiger partial charge in [-0.15, -0.1) is 69.1 Å². The van der Waals surface area contributed by atoms with Crippen molar-refractivity contribution in [2.75, 3.05) is 0 Å². The fraction of sp³-hybridized carbons (Fsp3) is 0.208. The van der Waals surface area contributed by atoms with E-state index in [2.05, 4.69) is 186 Å². The Bertz CT molecular complexity index is 2290. The second-order valence-corrected chi connectivity index (χ2v) is 37.8. The first kappa shape index (κ1) is 38.5. The van der Waals surface area contributed by atoms with E-state index in [9.17, 15) is 0 Å². The van der Waals surface area contributed by atoms with E-state index >= 15 is 0 Å². The van der Waals surface area contributed by atoms with Gasteiger partial charge in [0.1, 0.15) is 0 Å². The van der Waals surface area contributed by atoms with Crippen molar-refractivity contribution in [3.05, 3.63) is 157 Å². The van der Waals surface area contributed by atoms with E-state index in [0.29, 0.717) is 11.8 Å². The Kier molecular flexibility index (Phi) is 13.1. The van der Waals surface area contributed by atoms with Crippen LogP contribution in [0.1, 0.15) is 38.8 Å². The number of rotatable bonds is 6. The van der Waals surface area contributed by atoms with E-state index < -0.39 is 18.0 Å². The van der Waals surface area contributed by atoms with Gasteiger partial charge in [-0.3, -0.25) is 0 Å². The van der Waals surface area contributed by atoms with Crippen LogP contribution in [0.15, 0.2) is 146 Å². The average molecular weight is 815 g/mol. The third-order valence-electron chi connectivity index (χ3n) is 9.45. The predicted octanol–water partition coefficient (Wildman–Crippen LogP) is 15.3. The van der Waals surface area contributed by atoms with Crippen molar-refractivity contribution in [1.29, 1.82) is 0 Å². The average Bonchev–Trinajstić information content (AvgIpc) is 3.74. The molecule has 0 saturated heterocycles. The van der Waals surface area contributed by atoms with E-state index in [1.54, 1.807) is 0 Å². The maximum absolute atomic E-state index is 5.62. The zero-order chi connectivity index (χ0) is 36.8. The summed E-state index contributed by atoms with van der Waals surface area (Å²) in [6.45, 7) is 13.5. The van der Waals surface area contributed by atoms with E-state index in [1.165, 1.54) is 76.5 Å². The Morgan fingerprint density at radius 1 is 0.481 bits per heavy atom. The zero-order valence-corrected chi connectivity index (χ0v) is 36.2. The summed E-state index contributed by atoms with van der Waals surface area (Å²) in [7, 11) is 11.2. The molecule has 8 aromatic rings. The number of halogens is 2. The normalized spacial score (nSPS) is 11.2. The first-order valence-electron chi connectivity index (χ1n) is 18.4. The van der Waals surface area contributed by atoms with Gasteiger partial charge < -0.3 is 0 Å². The van der Waals surface area contributed by atoms with Crippen LogP contribution >= 0.6 is 17.0 Å². The molecule has 0 heterocycles. The Balaban J connectivity index is 0.000000155. The van der Waals surface area contributed by atoms with Crippen LogP contribution in [0, 0.1) is 11.8 Å². The van der Waals surface area contributed by atoms with Gasteiger partial charge in [0.25, 0.3) is 0 Å². The summed E-state index contributed by atoms with van der Waals surface area (Å²) >= 11 is -1.65. The molecule has 4 heteroatoms. The number of fused-ring (bicyclic) bond motifs is 4. The van der Waals surface area contributed by atoms with Gasteiger partial charge in [0, 0.05) is 0 Å². The van der Waals surface area contributed by atoms with Crippen LogP contribution in [-0.4, -0.2) is 5.43 Å². The third-order valence-corrected chi connectivity index (χ3v) is 29.2. The van der Waals surface area contributed by atoms with Gasteiger partial charge in [0.05, 0.1) is 0 Å². The Labute approximate surface area is 325 Å². The zero-order valence-electron chi connectivity index (χ0n) is 31.2. The molecule has 0 unspecified atom stereocenters. The summed E-state index contributed by atoms with van der Waals surface area (Å²) in [6.07, 6.45) is 2.29. The first-order valence-corrected chi connectivity index (χ1v) is 30.9. The fourth-order valence-electron chi connectivity index (χ4n) is 7.16. The van der Waals surface area contributed by atoms with Crippen LogP contribution in [0.25, 0.3) is 65.3 Å². The molecule has 0 nitrogen and oxygen atoms in total. The summed E-state index contributed by atoms with van der Waals surface area (Å²) in [5, 5.41) is 10.7. The van der Waals surface area contributed by atoms with Crippen molar-refractivity contribution >= 4 is 65.5 Å². The summed E-state index contributed by atoms with van der Waals surface area (Å²) in [4.78, 5) is 0.